The molecule has 1 saturated heterocycles. The SMILES string of the molecule is CC1CNC(C2CCCCC2)CN1CCOCC(F)F. The third kappa shape index (κ3) is 4.93. The number of halogens is 2. The minimum atomic E-state index is -2.36. The van der Waals surface area contributed by atoms with E-state index in [1.165, 1.54) is 32.1 Å². The lowest BCUT2D eigenvalue weighted by Gasteiger charge is -2.42. The molecule has 1 N–H and O–H groups in total. The number of nitrogens with one attached hydrogen (secondary N) is 1. The topological polar surface area (TPSA) is 24.5 Å². The first-order valence-corrected chi connectivity index (χ1v) is 8.00. The lowest BCUT2D eigenvalue weighted by Crippen LogP contribution is -2.58. The molecule has 0 spiro atoms. The molecule has 0 aromatic rings. The van der Waals surface area contributed by atoms with Gasteiger partial charge in [0.2, 0.25) is 0 Å². The molecule has 0 bridgehead atoms. The van der Waals surface area contributed by atoms with Crippen LogP contribution in [0.1, 0.15) is 39.0 Å². The van der Waals surface area contributed by atoms with Gasteiger partial charge in [-0.05, 0) is 25.7 Å². The molecule has 2 rings (SSSR count). The molecule has 1 aliphatic carbocycles. The van der Waals surface area contributed by atoms with Crippen LogP contribution in [0.5, 0.6) is 0 Å². The average Bonchev–Trinajstić information content (AvgIpc) is 2.46. The van der Waals surface area contributed by atoms with Crippen LogP contribution in [0.25, 0.3) is 0 Å². The maximum absolute atomic E-state index is 12.0. The van der Waals surface area contributed by atoms with E-state index < -0.39 is 13.0 Å². The maximum Gasteiger partial charge on any atom is 0.261 e. The number of hydrogen-bond acceptors (Lipinski definition) is 3. The summed E-state index contributed by atoms with van der Waals surface area (Å²) in [5.74, 6) is 0.792. The Balaban J connectivity index is 1.72. The Hall–Kier alpha value is -0.260. The Kier molecular flexibility index (Phi) is 6.65. The van der Waals surface area contributed by atoms with Crippen LogP contribution in [0.15, 0.2) is 0 Å². The predicted molar refractivity (Wildman–Crippen MR) is 76.2 cm³/mol. The van der Waals surface area contributed by atoms with E-state index in [2.05, 4.69) is 17.1 Å². The molecule has 2 aliphatic rings. The highest BCUT2D eigenvalue weighted by Crippen LogP contribution is 2.28. The maximum atomic E-state index is 12.0. The summed E-state index contributed by atoms with van der Waals surface area (Å²) in [5, 5.41) is 3.67. The third-order valence-electron chi connectivity index (χ3n) is 4.72. The summed E-state index contributed by atoms with van der Waals surface area (Å²) in [4.78, 5) is 2.39. The van der Waals surface area contributed by atoms with Crippen molar-refractivity contribution in [1.29, 1.82) is 0 Å². The number of ether oxygens (including phenoxy) is 1. The Morgan fingerprint density at radius 2 is 2.00 bits per heavy atom. The Morgan fingerprint density at radius 1 is 1.25 bits per heavy atom. The molecule has 118 valence electrons. The zero-order chi connectivity index (χ0) is 14.4. The molecule has 0 aromatic heterocycles. The zero-order valence-electron chi connectivity index (χ0n) is 12.5. The smallest absolute Gasteiger partial charge is 0.261 e. The quantitative estimate of drug-likeness (QED) is 0.761. The van der Waals surface area contributed by atoms with Gasteiger partial charge in [0, 0.05) is 31.7 Å². The summed E-state index contributed by atoms with van der Waals surface area (Å²) >= 11 is 0. The zero-order valence-corrected chi connectivity index (χ0v) is 12.5. The van der Waals surface area contributed by atoms with Crippen molar-refractivity contribution in [2.75, 3.05) is 32.8 Å². The number of piperazine rings is 1. The molecular weight excluding hydrogens is 262 g/mol. The van der Waals surface area contributed by atoms with E-state index in [0.29, 0.717) is 18.7 Å². The molecule has 0 radical (unpaired) electrons. The van der Waals surface area contributed by atoms with Crippen LogP contribution in [0.2, 0.25) is 0 Å². The van der Waals surface area contributed by atoms with Crippen molar-refractivity contribution < 1.29 is 13.5 Å². The van der Waals surface area contributed by atoms with Gasteiger partial charge in [-0.15, -0.1) is 0 Å². The van der Waals surface area contributed by atoms with Gasteiger partial charge >= 0.3 is 0 Å². The van der Waals surface area contributed by atoms with Crippen molar-refractivity contribution in [3.8, 4) is 0 Å². The molecule has 1 heterocycles. The molecule has 5 heteroatoms. The first-order valence-electron chi connectivity index (χ1n) is 8.00. The molecule has 20 heavy (non-hydrogen) atoms. The van der Waals surface area contributed by atoms with E-state index in [1.807, 2.05) is 0 Å². The van der Waals surface area contributed by atoms with Crippen molar-refractivity contribution in [1.82, 2.24) is 10.2 Å². The second-order valence-electron chi connectivity index (χ2n) is 6.22. The second-order valence-corrected chi connectivity index (χ2v) is 6.22. The Labute approximate surface area is 121 Å². The molecule has 2 unspecified atom stereocenters. The van der Waals surface area contributed by atoms with E-state index in [1.54, 1.807) is 0 Å². The van der Waals surface area contributed by atoms with Gasteiger partial charge in [0.25, 0.3) is 6.43 Å². The second kappa shape index (κ2) is 8.25. The number of rotatable bonds is 6. The lowest BCUT2D eigenvalue weighted by atomic mass is 9.82. The van der Waals surface area contributed by atoms with Crippen LogP contribution in [0, 0.1) is 5.92 Å². The van der Waals surface area contributed by atoms with Gasteiger partial charge in [0.05, 0.1) is 6.61 Å². The monoisotopic (exact) mass is 290 g/mol. The Bertz CT molecular complexity index is 273. The highest BCUT2D eigenvalue weighted by atomic mass is 19.3. The third-order valence-corrected chi connectivity index (χ3v) is 4.72. The fourth-order valence-corrected chi connectivity index (χ4v) is 3.47. The summed E-state index contributed by atoms with van der Waals surface area (Å²) in [6.45, 7) is 4.95. The van der Waals surface area contributed by atoms with Gasteiger partial charge in [-0.1, -0.05) is 19.3 Å². The van der Waals surface area contributed by atoms with Crippen molar-refractivity contribution in [2.24, 2.45) is 5.92 Å². The fourth-order valence-electron chi connectivity index (χ4n) is 3.47. The Morgan fingerprint density at radius 3 is 2.70 bits per heavy atom. The highest BCUT2D eigenvalue weighted by molar-refractivity contribution is 4.89. The van der Waals surface area contributed by atoms with E-state index >= 15 is 0 Å². The van der Waals surface area contributed by atoms with Crippen molar-refractivity contribution in [2.45, 2.75) is 57.5 Å². The van der Waals surface area contributed by atoms with Crippen LogP contribution >= 0.6 is 0 Å². The van der Waals surface area contributed by atoms with Gasteiger partial charge in [0.1, 0.15) is 6.61 Å². The summed E-state index contributed by atoms with van der Waals surface area (Å²) in [6.07, 6.45) is 4.41. The lowest BCUT2D eigenvalue weighted by molar-refractivity contribution is 0.000204. The first-order chi connectivity index (χ1) is 9.66. The summed E-state index contributed by atoms with van der Waals surface area (Å²) in [6, 6.07) is 1.03. The van der Waals surface area contributed by atoms with Gasteiger partial charge in [-0.25, -0.2) is 8.78 Å². The molecule has 2 atom stereocenters. The predicted octanol–water partition coefficient (Wildman–Crippen LogP) is 2.51. The van der Waals surface area contributed by atoms with Crippen LogP contribution in [0.3, 0.4) is 0 Å². The largest absolute Gasteiger partial charge is 0.374 e. The van der Waals surface area contributed by atoms with Crippen LogP contribution in [-0.4, -0.2) is 56.3 Å². The van der Waals surface area contributed by atoms with Crippen LogP contribution in [-0.2, 0) is 4.74 Å². The summed E-state index contributed by atoms with van der Waals surface area (Å²) in [7, 11) is 0. The molecular formula is C15H28F2N2O. The van der Waals surface area contributed by atoms with Crippen molar-refractivity contribution in [3.05, 3.63) is 0 Å². The molecule has 1 aliphatic heterocycles. The fraction of sp³-hybridized carbons (Fsp3) is 1.00. The van der Waals surface area contributed by atoms with Gasteiger partial charge in [-0.3, -0.25) is 4.90 Å². The van der Waals surface area contributed by atoms with Gasteiger partial charge < -0.3 is 10.1 Å². The van der Waals surface area contributed by atoms with E-state index in [-0.39, 0.29) is 0 Å². The van der Waals surface area contributed by atoms with Gasteiger partial charge in [-0.2, -0.15) is 0 Å². The van der Waals surface area contributed by atoms with Crippen molar-refractivity contribution in [3.63, 3.8) is 0 Å². The average molecular weight is 290 g/mol. The number of alkyl halides is 2. The standard InChI is InChI=1S/C15H28F2N2O/c1-12-9-18-14(13-5-3-2-4-6-13)10-19(12)7-8-20-11-15(16)17/h12-15,18H,2-11H2,1H3. The highest BCUT2D eigenvalue weighted by Gasteiger charge is 2.30. The molecule has 0 amide bonds. The number of nitrogens with zero attached hydrogens (tertiary/aromatic N) is 1. The van der Waals surface area contributed by atoms with E-state index in [0.717, 1.165) is 25.6 Å². The minimum Gasteiger partial charge on any atom is -0.374 e. The molecule has 1 saturated carbocycles. The summed E-state index contributed by atoms with van der Waals surface area (Å²) < 4.78 is 29.1. The number of hydrogen-bond donors (Lipinski definition) is 1. The first kappa shape index (κ1) is 16.1. The van der Waals surface area contributed by atoms with E-state index in [9.17, 15) is 8.78 Å². The molecule has 3 nitrogen and oxygen atoms in total. The minimum absolute atomic E-state index is 0.409. The summed E-state index contributed by atoms with van der Waals surface area (Å²) in [5.41, 5.74) is 0. The van der Waals surface area contributed by atoms with Crippen LogP contribution < -0.4 is 5.32 Å². The molecule has 2 fully saturated rings. The van der Waals surface area contributed by atoms with Crippen LogP contribution in [0.4, 0.5) is 8.78 Å². The van der Waals surface area contributed by atoms with E-state index in [4.69, 9.17) is 4.74 Å². The normalized spacial score (nSPS) is 30.0. The van der Waals surface area contributed by atoms with Gasteiger partial charge in [0.15, 0.2) is 0 Å². The van der Waals surface area contributed by atoms with Crippen molar-refractivity contribution >= 4 is 0 Å². The molecule has 0 aromatic carbocycles.